The molecule has 63 heavy (non-hydrogen) atoms. The van der Waals surface area contributed by atoms with Gasteiger partial charge in [0.05, 0.1) is 12.5 Å². The van der Waals surface area contributed by atoms with E-state index < -0.39 is 41.7 Å². The lowest BCUT2D eigenvalue weighted by molar-refractivity contribution is -0.152. The van der Waals surface area contributed by atoms with Crippen LogP contribution in [0.4, 0.5) is 4.79 Å². The number of rotatable bonds is 21. The molecule has 3 aliphatic carbocycles. The van der Waals surface area contributed by atoms with Crippen LogP contribution in [0, 0.1) is 35.5 Å². The summed E-state index contributed by atoms with van der Waals surface area (Å²) in [5.41, 5.74) is -0.704. The van der Waals surface area contributed by atoms with Crippen molar-refractivity contribution in [1.82, 2.24) is 31.9 Å². The molecule has 6 N–H and O–H groups in total. The van der Waals surface area contributed by atoms with Crippen molar-refractivity contribution in [3.8, 4) is 0 Å². The Balaban J connectivity index is 1.60. The number of ether oxygens (including phenoxy) is 2. The Kier molecular flexibility index (Phi) is 22.2. The van der Waals surface area contributed by atoms with Gasteiger partial charge >= 0.3 is 12.1 Å². The molecule has 0 aliphatic heterocycles. The van der Waals surface area contributed by atoms with Crippen LogP contribution < -0.4 is 31.9 Å². The number of carbonyl (C=O) groups is 7. The zero-order valence-corrected chi connectivity index (χ0v) is 40.3. The van der Waals surface area contributed by atoms with Gasteiger partial charge in [-0.2, -0.15) is 0 Å². The van der Waals surface area contributed by atoms with Crippen LogP contribution in [0.25, 0.3) is 0 Å². The zero-order valence-electron chi connectivity index (χ0n) is 40.3. The van der Waals surface area contributed by atoms with Crippen LogP contribution in [0.1, 0.15) is 178 Å². The molecule has 15 nitrogen and oxygen atoms in total. The first kappa shape index (κ1) is 53.4. The van der Waals surface area contributed by atoms with E-state index in [-0.39, 0.29) is 77.3 Å². The summed E-state index contributed by atoms with van der Waals surface area (Å²) in [6, 6.07) is -3.20. The summed E-state index contributed by atoms with van der Waals surface area (Å²) < 4.78 is 10.9. The van der Waals surface area contributed by atoms with Gasteiger partial charge in [-0.05, 0) is 124 Å². The third-order valence-electron chi connectivity index (χ3n) is 13.7. The van der Waals surface area contributed by atoms with E-state index in [0.717, 1.165) is 77.0 Å². The third kappa shape index (κ3) is 16.5. The Labute approximate surface area is 378 Å². The Hall–Kier alpha value is -3.91. The highest BCUT2D eigenvalue weighted by Crippen LogP contribution is 2.35. The van der Waals surface area contributed by atoms with E-state index >= 15 is 0 Å². The smallest absolute Gasteiger partial charge is 0.408 e. The quantitative estimate of drug-likeness (QED) is 0.0559. The average Bonchev–Trinajstić information content (AvgIpc) is 3.22. The highest BCUT2D eigenvalue weighted by molar-refractivity contribution is 5.90. The molecule has 3 saturated carbocycles. The van der Waals surface area contributed by atoms with Crippen molar-refractivity contribution in [3.63, 3.8) is 0 Å². The van der Waals surface area contributed by atoms with Gasteiger partial charge in [0.1, 0.15) is 23.7 Å². The Bertz CT molecular complexity index is 1520. The van der Waals surface area contributed by atoms with Gasteiger partial charge in [0.25, 0.3) is 0 Å². The number of carbonyl (C=O) groups excluding carboxylic acids is 7. The van der Waals surface area contributed by atoms with E-state index in [0.29, 0.717) is 38.7 Å². The zero-order chi connectivity index (χ0) is 46.9. The molecule has 0 bridgehead atoms. The highest BCUT2D eigenvalue weighted by atomic mass is 16.6. The van der Waals surface area contributed by atoms with E-state index in [1.165, 1.54) is 0 Å². The lowest BCUT2D eigenvalue weighted by Gasteiger charge is -2.38. The molecule has 3 aliphatic rings. The molecule has 0 saturated heterocycles. The molecule has 0 spiro atoms. The third-order valence-corrected chi connectivity index (χ3v) is 13.7. The summed E-state index contributed by atoms with van der Waals surface area (Å²) in [6.07, 6.45) is 12.8. The first-order chi connectivity index (χ1) is 29.8. The molecule has 0 aromatic heterocycles. The highest BCUT2D eigenvalue weighted by Gasteiger charge is 2.41. The Morgan fingerprint density at radius 1 is 0.508 bits per heavy atom. The second kappa shape index (κ2) is 26.1. The van der Waals surface area contributed by atoms with Gasteiger partial charge in [-0.3, -0.25) is 28.8 Å². The minimum atomic E-state index is -0.837. The van der Waals surface area contributed by atoms with E-state index in [1.54, 1.807) is 41.5 Å². The predicted molar refractivity (Wildman–Crippen MR) is 243 cm³/mol. The van der Waals surface area contributed by atoms with Gasteiger partial charge in [0.15, 0.2) is 0 Å². The molecule has 0 heterocycles. The van der Waals surface area contributed by atoms with Crippen LogP contribution >= 0.6 is 0 Å². The second-order valence-corrected chi connectivity index (χ2v) is 19.6. The fourth-order valence-electron chi connectivity index (χ4n) is 10.1. The van der Waals surface area contributed by atoms with E-state index in [4.69, 9.17) is 9.47 Å². The van der Waals surface area contributed by atoms with Crippen LogP contribution in [0.2, 0.25) is 0 Å². The minimum absolute atomic E-state index is 0.0261. The van der Waals surface area contributed by atoms with E-state index in [2.05, 4.69) is 38.8 Å². The lowest BCUT2D eigenvalue weighted by atomic mass is 9.74. The summed E-state index contributed by atoms with van der Waals surface area (Å²) >= 11 is 0. The summed E-state index contributed by atoms with van der Waals surface area (Å²) in [4.78, 5) is 93.7. The fraction of sp³-hybridized carbons (Fsp3) is 0.854. The summed E-state index contributed by atoms with van der Waals surface area (Å²) in [5.74, 6) is -3.13. The molecular weight excluding hydrogens is 805 g/mol. The van der Waals surface area contributed by atoms with Crippen LogP contribution in [0.5, 0.6) is 0 Å². The lowest BCUT2D eigenvalue weighted by Crippen LogP contribution is -2.56. The molecule has 6 amide bonds. The molecule has 360 valence electrons. The van der Waals surface area contributed by atoms with Gasteiger partial charge in [-0.15, -0.1) is 0 Å². The second-order valence-electron chi connectivity index (χ2n) is 19.6. The van der Waals surface area contributed by atoms with Crippen molar-refractivity contribution in [2.24, 2.45) is 35.5 Å². The van der Waals surface area contributed by atoms with Crippen molar-refractivity contribution in [2.75, 3.05) is 6.61 Å². The van der Waals surface area contributed by atoms with Crippen LogP contribution in [0.3, 0.4) is 0 Å². The normalized spacial score (nSPS) is 25.6. The number of amides is 6. The SMILES string of the molecule is CCCCOC(=O)[C@H](CC)[C@H]1CCCC[C@H]1NC(=O)[C@@H](C)NC(=O)[C@H](CC)[C@H]1CCCC[C@H]1NC(=O)[C@@H](C)NC(=O)[C@H](CC)[C@H]1CCCC[C@H]1NC(=O)[C@@H](C)NC(=O)OC(C)(C)C. The minimum Gasteiger partial charge on any atom is -0.465 e. The van der Waals surface area contributed by atoms with Gasteiger partial charge in [-0.1, -0.05) is 72.6 Å². The van der Waals surface area contributed by atoms with Crippen molar-refractivity contribution < 1.29 is 43.0 Å². The molecule has 0 aromatic carbocycles. The van der Waals surface area contributed by atoms with Gasteiger partial charge in [0, 0.05) is 30.0 Å². The molecule has 3 rings (SSSR count). The number of hydrogen-bond donors (Lipinski definition) is 6. The Morgan fingerprint density at radius 3 is 1.21 bits per heavy atom. The maximum atomic E-state index is 13.9. The van der Waals surface area contributed by atoms with E-state index in [9.17, 15) is 33.6 Å². The molecular formula is C48H84N6O9. The van der Waals surface area contributed by atoms with Crippen molar-refractivity contribution in [2.45, 2.75) is 220 Å². The number of hydrogen-bond acceptors (Lipinski definition) is 9. The van der Waals surface area contributed by atoms with Crippen LogP contribution in [0.15, 0.2) is 0 Å². The first-order valence-electron chi connectivity index (χ1n) is 24.5. The van der Waals surface area contributed by atoms with Gasteiger partial charge in [-0.25, -0.2) is 4.79 Å². The summed E-state index contributed by atoms with van der Waals surface area (Å²) in [5, 5.41) is 18.0. The van der Waals surface area contributed by atoms with Crippen LogP contribution in [-0.4, -0.2) is 90.1 Å². The number of unbranched alkanes of at least 4 members (excludes halogenated alkanes) is 1. The van der Waals surface area contributed by atoms with Crippen molar-refractivity contribution >= 4 is 41.6 Å². The molecule has 3 fully saturated rings. The monoisotopic (exact) mass is 889 g/mol. The topological polar surface area (TPSA) is 210 Å². The molecule has 15 heteroatoms. The number of nitrogens with one attached hydrogen (secondary N) is 6. The van der Waals surface area contributed by atoms with Crippen LogP contribution in [-0.2, 0) is 38.2 Å². The fourth-order valence-corrected chi connectivity index (χ4v) is 10.1. The Morgan fingerprint density at radius 2 is 0.857 bits per heavy atom. The van der Waals surface area contributed by atoms with Gasteiger partial charge < -0.3 is 41.4 Å². The standard InChI is InChI=1S/C48H84N6O9/c1-11-15-28-62-46(60)34(14-4)37-24-18-21-27-40(37)54-42(56)30(6)50-44(58)32(12-2)35-22-16-19-25-38(35)52-41(55)29(5)49-45(59)33(13-3)36-23-17-20-26-39(36)53-43(57)31(7)51-47(61)63-48(8,9)10/h29-40H,11-28H2,1-10H3,(H,49,59)(H,50,58)(H,51,61)(H,52,55)(H,53,57)(H,54,56)/t29-,30-,31-,32-,33-,34-,35-,36-,37-,38-,39-,40-/m1/s1. The molecule has 12 atom stereocenters. The molecule has 0 unspecified atom stereocenters. The molecule has 0 aromatic rings. The largest absolute Gasteiger partial charge is 0.465 e. The maximum absolute atomic E-state index is 13.9. The van der Waals surface area contributed by atoms with Gasteiger partial charge in [0.2, 0.25) is 29.5 Å². The summed E-state index contributed by atoms with van der Waals surface area (Å²) in [7, 11) is 0. The van der Waals surface area contributed by atoms with Crippen molar-refractivity contribution in [1.29, 1.82) is 0 Å². The number of esters is 1. The van der Waals surface area contributed by atoms with E-state index in [1.807, 2.05) is 20.8 Å². The van der Waals surface area contributed by atoms with Crippen molar-refractivity contribution in [3.05, 3.63) is 0 Å². The predicted octanol–water partition coefficient (Wildman–Crippen LogP) is 6.36. The maximum Gasteiger partial charge on any atom is 0.408 e. The summed E-state index contributed by atoms with van der Waals surface area (Å²) in [6.45, 7) is 18.5. The first-order valence-corrected chi connectivity index (χ1v) is 24.5. The molecule has 0 radical (unpaired) electrons. The average molecular weight is 889 g/mol. The number of alkyl carbamates (subject to hydrolysis) is 1.